The Hall–Kier alpha value is -1.87. The fraction of sp³-hybridized carbons (Fsp3) is 0.353. The molecule has 0 aliphatic carbocycles. The van der Waals surface area contributed by atoms with Gasteiger partial charge in [0.05, 0.1) is 18.8 Å². The highest BCUT2D eigenvalue weighted by atomic mass is 16.5. The molecule has 0 aliphatic heterocycles. The number of benzene rings is 1. The van der Waals surface area contributed by atoms with E-state index >= 15 is 0 Å². The molecule has 1 aromatic carbocycles. The molecule has 0 amide bonds. The Kier molecular flexibility index (Phi) is 5.13. The van der Waals surface area contributed by atoms with Crippen molar-refractivity contribution in [2.45, 2.75) is 26.3 Å². The average molecular weight is 270 g/mol. The van der Waals surface area contributed by atoms with E-state index < -0.39 is 0 Å². The normalized spacial score (nSPS) is 12.2. The Balaban J connectivity index is 2.35. The van der Waals surface area contributed by atoms with Crippen LogP contribution in [0.5, 0.6) is 5.75 Å². The molecule has 1 N–H and O–H groups in total. The summed E-state index contributed by atoms with van der Waals surface area (Å²) in [6.07, 6.45) is 1.09. The van der Waals surface area contributed by atoms with Gasteiger partial charge < -0.3 is 10.1 Å². The minimum absolute atomic E-state index is 0.102. The van der Waals surface area contributed by atoms with E-state index in [9.17, 15) is 0 Å². The van der Waals surface area contributed by atoms with E-state index in [-0.39, 0.29) is 6.04 Å². The van der Waals surface area contributed by atoms with Gasteiger partial charge in [0.1, 0.15) is 5.75 Å². The third kappa shape index (κ3) is 3.58. The van der Waals surface area contributed by atoms with E-state index in [4.69, 9.17) is 4.74 Å². The van der Waals surface area contributed by atoms with Crippen molar-refractivity contribution in [3.05, 3.63) is 59.4 Å². The van der Waals surface area contributed by atoms with Crippen molar-refractivity contribution in [2.75, 3.05) is 13.7 Å². The van der Waals surface area contributed by atoms with E-state index in [1.807, 2.05) is 25.1 Å². The SMILES string of the molecule is CCCNC(c1cccc(OC)c1)c1cccc(C)n1. The first-order valence-electron chi connectivity index (χ1n) is 7.05. The quantitative estimate of drug-likeness (QED) is 0.872. The number of hydrogen-bond acceptors (Lipinski definition) is 3. The van der Waals surface area contributed by atoms with Gasteiger partial charge in [-0.1, -0.05) is 25.1 Å². The Labute approximate surface area is 121 Å². The molecule has 0 saturated heterocycles. The lowest BCUT2D eigenvalue weighted by atomic mass is 10.0. The number of aryl methyl sites for hydroxylation is 1. The molecule has 0 bridgehead atoms. The van der Waals surface area contributed by atoms with E-state index in [1.54, 1.807) is 7.11 Å². The summed E-state index contributed by atoms with van der Waals surface area (Å²) in [5.74, 6) is 0.874. The summed E-state index contributed by atoms with van der Waals surface area (Å²) in [7, 11) is 1.69. The fourth-order valence-corrected chi connectivity index (χ4v) is 2.23. The molecule has 106 valence electrons. The summed E-state index contributed by atoms with van der Waals surface area (Å²) >= 11 is 0. The third-order valence-electron chi connectivity index (χ3n) is 3.23. The van der Waals surface area contributed by atoms with E-state index in [0.29, 0.717) is 0 Å². The predicted molar refractivity (Wildman–Crippen MR) is 82.1 cm³/mol. The highest BCUT2D eigenvalue weighted by Crippen LogP contribution is 2.24. The Morgan fingerprint density at radius 1 is 1.20 bits per heavy atom. The molecule has 0 fully saturated rings. The minimum atomic E-state index is 0.102. The van der Waals surface area contributed by atoms with Crippen molar-refractivity contribution in [3.63, 3.8) is 0 Å². The molecule has 2 rings (SSSR count). The van der Waals surface area contributed by atoms with Gasteiger partial charge in [0.25, 0.3) is 0 Å². The smallest absolute Gasteiger partial charge is 0.119 e. The molecule has 3 heteroatoms. The number of methoxy groups -OCH3 is 1. The maximum absolute atomic E-state index is 5.32. The highest BCUT2D eigenvalue weighted by Gasteiger charge is 2.15. The van der Waals surface area contributed by atoms with Crippen LogP contribution in [0.3, 0.4) is 0 Å². The first-order chi connectivity index (χ1) is 9.74. The zero-order valence-electron chi connectivity index (χ0n) is 12.4. The number of hydrogen-bond donors (Lipinski definition) is 1. The van der Waals surface area contributed by atoms with Crippen molar-refractivity contribution in [2.24, 2.45) is 0 Å². The van der Waals surface area contributed by atoms with Gasteiger partial charge in [-0.2, -0.15) is 0 Å². The van der Waals surface area contributed by atoms with Crippen molar-refractivity contribution in [1.29, 1.82) is 0 Å². The van der Waals surface area contributed by atoms with Gasteiger partial charge in [0.2, 0.25) is 0 Å². The van der Waals surface area contributed by atoms with Gasteiger partial charge in [-0.3, -0.25) is 4.98 Å². The van der Waals surface area contributed by atoms with E-state index in [0.717, 1.165) is 30.1 Å². The lowest BCUT2D eigenvalue weighted by molar-refractivity contribution is 0.413. The first kappa shape index (κ1) is 14.5. The molecule has 1 aromatic heterocycles. The summed E-state index contributed by atoms with van der Waals surface area (Å²) in [4.78, 5) is 4.65. The standard InChI is InChI=1S/C17H22N2O/c1-4-11-18-17(16-10-5-7-13(2)19-16)14-8-6-9-15(12-14)20-3/h5-10,12,17-18H,4,11H2,1-3H3. The van der Waals surface area contributed by atoms with Crippen LogP contribution in [0.25, 0.3) is 0 Å². The summed E-state index contributed by atoms with van der Waals surface area (Å²) in [5, 5.41) is 3.56. The minimum Gasteiger partial charge on any atom is -0.497 e. The van der Waals surface area contributed by atoms with Gasteiger partial charge in [0, 0.05) is 5.69 Å². The Bertz CT molecular complexity index is 554. The monoisotopic (exact) mass is 270 g/mol. The number of aromatic nitrogens is 1. The number of nitrogens with zero attached hydrogens (tertiary/aromatic N) is 1. The summed E-state index contributed by atoms with van der Waals surface area (Å²) in [6.45, 7) is 5.14. The van der Waals surface area contributed by atoms with Gasteiger partial charge >= 0.3 is 0 Å². The van der Waals surface area contributed by atoms with Crippen LogP contribution >= 0.6 is 0 Å². The molecule has 0 radical (unpaired) electrons. The molecule has 3 nitrogen and oxygen atoms in total. The fourth-order valence-electron chi connectivity index (χ4n) is 2.23. The Morgan fingerprint density at radius 3 is 2.70 bits per heavy atom. The summed E-state index contributed by atoms with van der Waals surface area (Å²) in [5.41, 5.74) is 3.26. The van der Waals surface area contributed by atoms with Crippen molar-refractivity contribution >= 4 is 0 Å². The molecule has 0 saturated carbocycles. The second kappa shape index (κ2) is 7.06. The molecule has 2 aromatic rings. The van der Waals surface area contributed by atoms with Gasteiger partial charge in [-0.15, -0.1) is 0 Å². The number of nitrogens with one attached hydrogen (secondary N) is 1. The average Bonchev–Trinajstić information content (AvgIpc) is 2.48. The lowest BCUT2D eigenvalue weighted by Crippen LogP contribution is -2.24. The molecule has 1 unspecified atom stereocenters. The van der Waals surface area contributed by atoms with Crippen LogP contribution in [0, 0.1) is 6.92 Å². The number of ether oxygens (including phenoxy) is 1. The lowest BCUT2D eigenvalue weighted by Gasteiger charge is -2.19. The summed E-state index contributed by atoms with van der Waals surface area (Å²) in [6, 6.07) is 14.4. The number of rotatable bonds is 6. The molecule has 1 atom stereocenters. The first-order valence-corrected chi connectivity index (χ1v) is 7.05. The zero-order valence-corrected chi connectivity index (χ0v) is 12.4. The van der Waals surface area contributed by atoms with Crippen LogP contribution in [0.15, 0.2) is 42.5 Å². The second-order valence-corrected chi connectivity index (χ2v) is 4.87. The van der Waals surface area contributed by atoms with Crippen LogP contribution in [0.1, 0.15) is 36.3 Å². The predicted octanol–water partition coefficient (Wildman–Crippen LogP) is 3.49. The van der Waals surface area contributed by atoms with Gasteiger partial charge in [0.15, 0.2) is 0 Å². The topological polar surface area (TPSA) is 34.1 Å². The van der Waals surface area contributed by atoms with E-state index in [2.05, 4.69) is 41.5 Å². The van der Waals surface area contributed by atoms with Crippen LogP contribution in [0.2, 0.25) is 0 Å². The van der Waals surface area contributed by atoms with Gasteiger partial charge in [-0.05, 0) is 49.7 Å². The van der Waals surface area contributed by atoms with Crippen LogP contribution < -0.4 is 10.1 Å². The number of pyridine rings is 1. The van der Waals surface area contributed by atoms with Crippen molar-refractivity contribution in [3.8, 4) is 5.75 Å². The Morgan fingerprint density at radius 2 is 2.00 bits per heavy atom. The molecular weight excluding hydrogens is 248 g/mol. The maximum atomic E-state index is 5.32. The zero-order chi connectivity index (χ0) is 14.4. The van der Waals surface area contributed by atoms with Crippen molar-refractivity contribution < 1.29 is 4.74 Å². The largest absolute Gasteiger partial charge is 0.497 e. The molecule has 20 heavy (non-hydrogen) atoms. The molecule has 1 heterocycles. The van der Waals surface area contributed by atoms with Crippen LogP contribution in [-0.4, -0.2) is 18.6 Å². The molecular formula is C17H22N2O. The third-order valence-corrected chi connectivity index (χ3v) is 3.23. The molecule has 0 aliphatic rings. The van der Waals surface area contributed by atoms with Crippen LogP contribution in [-0.2, 0) is 0 Å². The second-order valence-electron chi connectivity index (χ2n) is 4.87. The molecule has 0 spiro atoms. The van der Waals surface area contributed by atoms with Crippen LogP contribution in [0.4, 0.5) is 0 Å². The van der Waals surface area contributed by atoms with Gasteiger partial charge in [-0.25, -0.2) is 0 Å². The van der Waals surface area contributed by atoms with E-state index in [1.165, 1.54) is 5.56 Å². The van der Waals surface area contributed by atoms with Crippen molar-refractivity contribution in [1.82, 2.24) is 10.3 Å². The summed E-state index contributed by atoms with van der Waals surface area (Å²) < 4.78 is 5.32. The maximum Gasteiger partial charge on any atom is 0.119 e. The highest BCUT2D eigenvalue weighted by molar-refractivity contribution is 5.35.